The molecule has 2 aliphatic heterocycles. The molecule has 0 aromatic rings. The Morgan fingerprint density at radius 2 is 2.26 bits per heavy atom. The van der Waals surface area contributed by atoms with E-state index in [1.807, 2.05) is 0 Å². The summed E-state index contributed by atoms with van der Waals surface area (Å²) in [6.45, 7) is 1.70. The summed E-state index contributed by atoms with van der Waals surface area (Å²) in [5.41, 5.74) is 5.73. The average Bonchev–Trinajstić information content (AvgIpc) is 2.54. The van der Waals surface area contributed by atoms with E-state index in [9.17, 15) is 18.8 Å². The molecule has 2 aliphatic rings. The van der Waals surface area contributed by atoms with Crippen LogP contribution >= 0.6 is 0 Å². The van der Waals surface area contributed by atoms with Crippen molar-refractivity contribution in [2.75, 3.05) is 6.54 Å². The minimum atomic E-state index is -2.65. The van der Waals surface area contributed by atoms with Gasteiger partial charge in [0, 0.05) is 0 Å². The molecule has 0 spiro atoms. The minimum absolute atomic E-state index is 0.0934. The second-order valence-corrected chi connectivity index (χ2v) is 4.30. The number of primary amides is 1. The van der Waals surface area contributed by atoms with Crippen LogP contribution in [0, 0.1) is 0 Å². The van der Waals surface area contributed by atoms with Gasteiger partial charge in [-0.2, -0.15) is 5.06 Å². The second kappa shape index (κ2) is 4.50. The third-order valence-electron chi connectivity index (χ3n) is 2.99. The molecule has 3 atom stereocenters. The number of nitrogens with two attached hydrogens (primary N) is 1. The van der Waals surface area contributed by atoms with Gasteiger partial charge in [0.05, 0.1) is 12.6 Å². The Morgan fingerprint density at radius 1 is 1.63 bits per heavy atom. The summed E-state index contributed by atoms with van der Waals surface area (Å²) >= 11 is 0. The quantitative estimate of drug-likeness (QED) is 0.652. The largest absolute Gasteiger partial charge is 0.477 e. The van der Waals surface area contributed by atoms with Crippen molar-refractivity contribution in [3.05, 3.63) is 11.6 Å². The summed E-state index contributed by atoms with van der Waals surface area (Å²) in [4.78, 5) is 39.2. The summed E-state index contributed by atoms with van der Waals surface area (Å²) in [5.74, 6) is -2.55. The van der Waals surface area contributed by atoms with Crippen LogP contribution in [0.15, 0.2) is 11.6 Å². The Hall–Kier alpha value is -2.16. The maximum atomic E-state index is 13.0. The number of rotatable bonds is 4. The lowest BCUT2D eigenvalue weighted by Gasteiger charge is -2.27. The zero-order valence-electron chi connectivity index (χ0n) is 9.95. The van der Waals surface area contributed by atoms with Crippen LogP contribution in [0.3, 0.4) is 0 Å². The van der Waals surface area contributed by atoms with Crippen LogP contribution in [0.4, 0.5) is 9.18 Å². The molecule has 3 N–H and O–H groups in total. The predicted octanol–water partition coefficient (Wildman–Crippen LogP) is -0.782. The van der Waals surface area contributed by atoms with Gasteiger partial charge >= 0.3 is 18.4 Å². The minimum Gasteiger partial charge on any atom is -0.477 e. The standard InChI is InChI=1S/C10H12FN3O5/c1-4-2-5-3-13(6(4)8(12)15)10(18)14(5)19-7(11)9(16)17/h2,5-7H,3H2,1H3,(H2,12,15)(H,16,17)/t5-,6-,7+/m0/s1. The van der Waals surface area contributed by atoms with E-state index >= 15 is 0 Å². The van der Waals surface area contributed by atoms with Crippen molar-refractivity contribution in [1.82, 2.24) is 9.96 Å². The first kappa shape index (κ1) is 13.3. The lowest BCUT2D eigenvalue weighted by molar-refractivity contribution is -0.219. The summed E-state index contributed by atoms with van der Waals surface area (Å²) in [7, 11) is 0. The molecular formula is C10H12FN3O5. The molecule has 0 aromatic carbocycles. The Morgan fingerprint density at radius 3 is 2.79 bits per heavy atom. The average molecular weight is 273 g/mol. The number of carboxylic acids is 1. The monoisotopic (exact) mass is 273 g/mol. The molecular weight excluding hydrogens is 261 g/mol. The van der Waals surface area contributed by atoms with Crippen LogP contribution in [-0.2, 0) is 14.4 Å². The van der Waals surface area contributed by atoms with Gasteiger partial charge in [0.2, 0.25) is 5.91 Å². The summed E-state index contributed by atoms with van der Waals surface area (Å²) in [6, 6.07) is -2.34. The maximum absolute atomic E-state index is 13.0. The third-order valence-corrected chi connectivity index (χ3v) is 2.99. The Labute approximate surface area is 107 Å². The van der Waals surface area contributed by atoms with Gasteiger partial charge in [0.15, 0.2) is 0 Å². The fraction of sp³-hybridized carbons (Fsp3) is 0.500. The van der Waals surface area contributed by atoms with Crippen LogP contribution < -0.4 is 5.73 Å². The molecule has 19 heavy (non-hydrogen) atoms. The molecule has 1 fully saturated rings. The first-order valence-electron chi connectivity index (χ1n) is 5.44. The van der Waals surface area contributed by atoms with Crippen molar-refractivity contribution < 1.29 is 28.7 Å². The van der Waals surface area contributed by atoms with E-state index < -0.39 is 36.3 Å². The summed E-state index contributed by atoms with van der Waals surface area (Å²) < 4.78 is 13.0. The van der Waals surface area contributed by atoms with Gasteiger partial charge < -0.3 is 15.7 Å². The number of halogens is 1. The van der Waals surface area contributed by atoms with E-state index in [2.05, 4.69) is 4.84 Å². The number of urea groups is 1. The number of carbonyl (C=O) groups is 3. The number of carbonyl (C=O) groups excluding carboxylic acids is 2. The number of fused-ring (bicyclic) bond motifs is 2. The first-order chi connectivity index (χ1) is 8.82. The highest BCUT2D eigenvalue weighted by Crippen LogP contribution is 2.29. The highest BCUT2D eigenvalue weighted by atomic mass is 19.1. The fourth-order valence-corrected chi connectivity index (χ4v) is 2.24. The van der Waals surface area contributed by atoms with Gasteiger partial charge in [-0.05, 0) is 12.5 Å². The smallest absolute Gasteiger partial charge is 0.368 e. The number of aliphatic carboxylic acids is 1. The van der Waals surface area contributed by atoms with Crippen LogP contribution in [-0.4, -0.2) is 58.0 Å². The second-order valence-electron chi connectivity index (χ2n) is 4.30. The van der Waals surface area contributed by atoms with E-state index in [0.717, 1.165) is 4.90 Å². The molecule has 2 heterocycles. The van der Waals surface area contributed by atoms with Gasteiger partial charge in [-0.25, -0.2) is 18.8 Å². The number of nitrogens with zero attached hydrogens (tertiary/aromatic N) is 2. The fourth-order valence-electron chi connectivity index (χ4n) is 2.24. The molecule has 9 heteroatoms. The topological polar surface area (TPSA) is 113 Å². The van der Waals surface area contributed by atoms with E-state index in [1.165, 1.54) is 6.08 Å². The number of carboxylic acid groups (broad SMARTS) is 1. The van der Waals surface area contributed by atoms with E-state index in [1.54, 1.807) is 6.92 Å². The van der Waals surface area contributed by atoms with Gasteiger partial charge in [-0.1, -0.05) is 6.08 Å². The molecule has 8 nitrogen and oxygen atoms in total. The molecule has 0 unspecified atom stereocenters. The first-order valence-corrected chi connectivity index (χ1v) is 5.44. The van der Waals surface area contributed by atoms with E-state index in [0.29, 0.717) is 10.6 Å². The zero-order chi connectivity index (χ0) is 14.3. The van der Waals surface area contributed by atoms with Crippen molar-refractivity contribution in [2.45, 2.75) is 25.4 Å². The molecule has 0 saturated carbocycles. The molecule has 1 saturated heterocycles. The lowest BCUT2D eigenvalue weighted by atomic mass is 10.0. The van der Waals surface area contributed by atoms with Crippen molar-refractivity contribution in [2.24, 2.45) is 5.73 Å². The number of hydrogen-bond acceptors (Lipinski definition) is 4. The van der Waals surface area contributed by atoms with Crippen molar-refractivity contribution in [3.8, 4) is 0 Å². The highest BCUT2D eigenvalue weighted by Gasteiger charge is 2.48. The zero-order valence-corrected chi connectivity index (χ0v) is 9.95. The summed E-state index contributed by atoms with van der Waals surface area (Å²) in [6.07, 6.45) is -1.11. The van der Waals surface area contributed by atoms with Crippen LogP contribution in [0.2, 0.25) is 0 Å². The number of hydroxylamine groups is 2. The lowest BCUT2D eigenvalue weighted by Crippen LogP contribution is -2.48. The van der Waals surface area contributed by atoms with Crippen LogP contribution in [0.1, 0.15) is 6.92 Å². The van der Waals surface area contributed by atoms with Crippen molar-refractivity contribution >= 4 is 17.9 Å². The molecule has 2 bridgehead atoms. The molecule has 2 rings (SSSR count). The Bertz CT molecular complexity index is 480. The van der Waals surface area contributed by atoms with Crippen molar-refractivity contribution in [3.63, 3.8) is 0 Å². The normalized spacial score (nSPS) is 27.3. The van der Waals surface area contributed by atoms with E-state index in [4.69, 9.17) is 10.8 Å². The molecule has 3 amide bonds. The highest BCUT2D eigenvalue weighted by molar-refractivity contribution is 5.90. The van der Waals surface area contributed by atoms with E-state index in [-0.39, 0.29) is 6.54 Å². The van der Waals surface area contributed by atoms with Gasteiger partial charge in [0.25, 0.3) is 0 Å². The number of alkyl halides is 1. The number of hydrogen-bond donors (Lipinski definition) is 2. The molecule has 0 aromatic heterocycles. The molecule has 104 valence electrons. The van der Waals surface area contributed by atoms with Crippen molar-refractivity contribution in [1.29, 1.82) is 0 Å². The van der Waals surface area contributed by atoms with Gasteiger partial charge in [-0.15, -0.1) is 0 Å². The predicted molar refractivity (Wildman–Crippen MR) is 58.1 cm³/mol. The summed E-state index contributed by atoms with van der Waals surface area (Å²) in [5, 5.41) is 9.04. The van der Waals surface area contributed by atoms with Gasteiger partial charge in [-0.3, -0.25) is 4.79 Å². The SMILES string of the molecule is CC1=C[C@H]2CN(C(=O)N2O[C@@H](F)C(=O)O)[C@@H]1C(N)=O. The van der Waals surface area contributed by atoms with Crippen LogP contribution in [0.5, 0.6) is 0 Å². The Balaban J connectivity index is 2.22. The van der Waals surface area contributed by atoms with Gasteiger partial charge in [0.1, 0.15) is 6.04 Å². The third kappa shape index (κ3) is 2.12. The number of amides is 3. The Kier molecular flexibility index (Phi) is 3.14. The van der Waals surface area contributed by atoms with Crippen LogP contribution in [0.25, 0.3) is 0 Å². The molecule has 0 aliphatic carbocycles. The molecule has 0 radical (unpaired) electrons. The maximum Gasteiger partial charge on any atom is 0.368 e.